The first-order valence-electron chi connectivity index (χ1n) is 38.0. The molecule has 0 aliphatic heterocycles. The van der Waals surface area contributed by atoms with E-state index < -0.39 is 24.3 Å². The van der Waals surface area contributed by atoms with Crippen molar-refractivity contribution in [3.8, 4) is 0 Å². The van der Waals surface area contributed by atoms with Gasteiger partial charge in [-0.2, -0.15) is 0 Å². The molecule has 2 atom stereocenters. The van der Waals surface area contributed by atoms with Crippen molar-refractivity contribution in [3.63, 3.8) is 0 Å². The van der Waals surface area contributed by atoms with Crippen LogP contribution in [0.5, 0.6) is 0 Å². The largest absolute Gasteiger partial charge is 0.545 e. The summed E-state index contributed by atoms with van der Waals surface area (Å²) in [5.41, 5.74) is 0. The van der Waals surface area contributed by atoms with Gasteiger partial charge >= 0.3 is 11.9 Å². The number of unbranched alkanes of at least 4 members (excludes halogenated alkanes) is 53. The smallest absolute Gasteiger partial charge is 0.306 e. The van der Waals surface area contributed by atoms with Gasteiger partial charge in [0.2, 0.25) is 0 Å². The molecule has 0 fully saturated rings. The number of carboxylic acids is 1. The molecular formula is C77H147NO8. The van der Waals surface area contributed by atoms with Crippen molar-refractivity contribution in [1.29, 1.82) is 0 Å². The van der Waals surface area contributed by atoms with Crippen molar-refractivity contribution in [3.05, 3.63) is 24.3 Å². The second kappa shape index (κ2) is 68.7. The number of rotatable bonds is 72. The number of nitrogens with zero attached hydrogens (tertiary/aromatic N) is 1. The normalized spacial score (nSPS) is 12.7. The monoisotopic (exact) mass is 1210 g/mol. The van der Waals surface area contributed by atoms with Gasteiger partial charge in [-0.05, 0) is 44.9 Å². The van der Waals surface area contributed by atoms with Crippen LogP contribution >= 0.6 is 0 Å². The van der Waals surface area contributed by atoms with Gasteiger partial charge in [0.05, 0.1) is 40.3 Å². The number of likely N-dealkylation sites (N-methyl/N-ethyl adjacent to an activating group) is 1. The Kier molecular flexibility index (Phi) is 66.9. The van der Waals surface area contributed by atoms with Crippen LogP contribution in [-0.2, 0) is 33.3 Å². The average molecular weight is 1220 g/mol. The Balaban J connectivity index is 4.00. The lowest BCUT2D eigenvalue weighted by Crippen LogP contribution is -2.44. The lowest BCUT2D eigenvalue weighted by atomic mass is 10.0. The summed E-state index contributed by atoms with van der Waals surface area (Å²) in [7, 11) is 5.95. The molecule has 0 aromatic carbocycles. The number of hydrogen-bond donors (Lipinski definition) is 0. The molecule has 0 amide bonds. The number of carboxylic acid groups (broad SMARTS) is 1. The average Bonchev–Trinajstić information content (AvgIpc) is 3.64. The maximum atomic E-state index is 12.9. The zero-order valence-electron chi connectivity index (χ0n) is 58.2. The van der Waals surface area contributed by atoms with Crippen LogP contribution in [0.25, 0.3) is 0 Å². The summed E-state index contributed by atoms with van der Waals surface area (Å²) in [5.74, 6) is -2.25. The van der Waals surface area contributed by atoms with E-state index in [0.29, 0.717) is 17.4 Å². The molecule has 0 bridgehead atoms. The first-order chi connectivity index (χ1) is 42.1. The SMILES string of the molecule is CCCCCCC/C=C\C/C=C\CCCCCCCCCCCCCCCCCCCC(=O)OC(COC(=O)CCCCCCCCCCCCCCCCCCCCCCCCCCCCCCCCCC)COC(OCC[N+](C)(C)C)C(=O)[O-]. The van der Waals surface area contributed by atoms with Gasteiger partial charge in [0, 0.05) is 12.8 Å². The van der Waals surface area contributed by atoms with E-state index in [1.54, 1.807) is 0 Å². The van der Waals surface area contributed by atoms with Crippen LogP contribution in [0.15, 0.2) is 24.3 Å². The minimum absolute atomic E-state index is 0.152. The Morgan fingerprint density at radius 2 is 0.628 bits per heavy atom. The highest BCUT2D eigenvalue weighted by molar-refractivity contribution is 5.70. The van der Waals surface area contributed by atoms with Crippen LogP contribution in [0.3, 0.4) is 0 Å². The summed E-state index contributed by atoms with van der Waals surface area (Å²) in [6.07, 6.45) is 82.9. The Bertz CT molecular complexity index is 1460. The third-order valence-electron chi connectivity index (χ3n) is 17.5. The van der Waals surface area contributed by atoms with Crippen molar-refractivity contribution in [2.45, 2.75) is 405 Å². The fourth-order valence-electron chi connectivity index (χ4n) is 11.6. The van der Waals surface area contributed by atoms with Gasteiger partial charge in [-0.3, -0.25) is 9.59 Å². The minimum atomic E-state index is -1.62. The summed E-state index contributed by atoms with van der Waals surface area (Å²) in [5, 5.41) is 11.8. The first-order valence-corrected chi connectivity index (χ1v) is 38.0. The highest BCUT2D eigenvalue weighted by Crippen LogP contribution is 2.20. The summed E-state index contributed by atoms with van der Waals surface area (Å²) in [6, 6.07) is 0. The highest BCUT2D eigenvalue weighted by Gasteiger charge is 2.22. The summed E-state index contributed by atoms with van der Waals surface area (Å²) in [6.45, 7) is 4.82. The molecule has 0 N–H and O–H groups in total. The van der Waals surface area contributed by atoms with Gasteiger partial charge in [0.25, 0.3) is 0 Å². The van der Waals surface area contributed by atoms with E-state index in [0.717, 1.165) is 44.9 Å². The number of carbonyl (C=O) groups is 3. The topological polar surface area (TPSA) is 111 Å². The number of quaternary nitrogens is 1. The van der Waals surface area contributed by atoms with Gasteiger partial charge in [0.1, 0.15) is 13.2 Å². The van der Waals surface area contributed by atoms with E-state index >= 15 is 0 Å². The lowest BCUT2D eigenvalue weighted by molar-refractivity contribution is -0.870. The van der Waals surface area contributed by atoms with Crippen LogP contribution in [0.4, 0.5) is 0 Å². The van der Waals surface area contributed by atoms with Crippen LogP contribution < -0.4 is 5.11 Å². The fraction of sp³-hybridized carbons (Fsp3) is 0.909. The number of ether oxygens (including phenoxy) is 4. The van der Waals surface area contributed by atoms with E-state index in [1.807, 2.05) is 21.1 Å². The number of carbonyl (C=O) groups excluding carboxylic acids is 3. The number of allylic oxidation sites excluding steroid dienone is 4. The van der Waals surface area contributed by atoms with Gasteiger partial charge in [0.15, 0.2) is 12.4 Å². The number of esters is 2. The van der Waals surface area contributed by atoms with Gasteiger partial charge in [-0.1, -0.05) is 359 Å². The van der Waals surface area contributed by atoms with Gasteiger partial charge < -0.3 is 33.3 Å². The van der Waals surface area contributed by atoms with E-state index in [2.05, 4.69) is 38.2 Å². The van der Waals surface area contributed by atoms with E-state index in [9.17, 15) is 19.5 Å². The molecule has 86 heavy (non-hydrogen) atoms. The third kappa shape index (κ3) is 69.2. The molecule has 0 aliphatic carbocycles. The minimum Gasteiger partial charge on any atom is -0.545 e. The Labute approximate surface area is 535 Å². The molecule has 9 heteroatoms. The molecule has 0 saturated carbocycles. The second-order valence-corrected chi connectivity index (χ2v) is 27.3. The van der Waals surface area contributed by atoms with Gasteiger partial charge in [-0.15, -0.1) is 0 Å². The van der Waals surface area contributed by atoms with Crippen molar-refractivity contribution in [2.24, 2.45) is 0 Å². The quantitative estimate of drug-likeness (QED) is 0.0195. The standard InChI is InChI=1S/C77H147NO8/c1-6-8-10-12-14-16-18-20-22-24-26-28-30-32-34-36-37-38-40-41-43-45-47-49-51-53-55-57-59-61-63-65-67-74(79)84-71-73(72-85-77(76(81)82)83-70-69-78(3,4)5)86-75(80)68-66-64-62-60-58-56-54-52-50-48-46-44-42-39-35-33-31-29-27-25-23-21-19-17-15-13-11-9-7-2/h19,21,25,27,73,77H,6-18,20,22-24,26,28-72H2,1-5H3/b21-19-,27-25-. The molecule has 9 nitrogen and oxygen atoms in total. The summed E-state index contributed by atoms with van der Waals surface area (Å²) >= 11 is 0. The van der Waals surface area contributed by atoms with Crippen molar-refractivity contribution in [2.75, 3.05) is 47.5 Å². The van der Waals surface area contributed by atoms with Crippen molar-refractivity contribution >= 4 is 17.9 Å². The Morgan fingerprint density at radius 1 is 0.349 bits per heavy atom. The molecule has 0 spiro atoms. The molecule has 0 heterocycles. The molecule has 2 unspecified atom stereocenters. The maximum Gasteiger partial charge on any atom is 0.306 e. The van der Waals surface area contributed by atoms with Crippen LogP contribution in [0, 0.1) is 0 Å². The van der Waals surface area contributed by atoms with Crippen LogP contribution in [-0.4, -0.2) is 82.3 Å². The summed E-state index contributed by atoms with van der Waals surface area (Å²) < 4.78 is 22.9. The number of aliphatic carboxylic acids is 1. The highest BCUT2D eigenvalue weighted by atomic mass is 16.7. The molecular weight excluding hydrogens is 1070 g/mol. The van der Waals surface area contributed by atoms with Gasteiger partial charge in [-0.25, -0.2) is 0 Å². The lowest BCUT2D eigenvalue weighted by Gasteiger charge is -2.26. The predicted molar refractivity (Wildman–Crippen MR) is 366 cm³/mol. The molecule has 0 rings (SSSR count). The van der Waals surface area contributed by atoms with Crippen molar-refractivity contribution in [1.82, 2.24) is 0 Å². The van der Waals surface area contributed by atoms with Crippen LogP contribution in [0.1, 0.15) is 393 Å². The third-order valence-corrected chi connectivity index (χ3v) is 17.5. The van der Waals surface area contributed by atoms with E-state index in [-0.39, 0.29) is 32.2 Å². The molecule has 0 aliphatic rings. The van der Waals surface area contributed by atoms with Crippen molar-refractivity contribution < 1.29 is 42.9 Å². The molecule has 0 aromatic heterocycles. The van der Waals surface area contributed by atoms with E-state index in [1.165, 1.54) is 321 Å². The summed E-state index contributed by atoms with van der Waals surface area (Å²) in [4.78, 5) is 37.5. The number of hydrogen-bond acceptors (Lipinski definition) is 8. The first kappa shape index (κ1) is 83.8. The van der Waals surface area contributed by atoms with Crippen LogP contribution in [0.2, 0.25) is 0 Å². The Hall–Kier alpha value is -2.23. The Morgan fingerprint density at radius 3 is 0.919 bits per heavy atom. The zero-order valence-corrected chi connectivity index (χ0v) is 58.2. The molecule has 0 saturated heterocycles. The van der Waals surface area contributed by atoms with E-state index in [4.69, 9.17) is 18.9 Å². The second-order valence-electron chi connectivity index (χ2n) is 27.3. The maximum absolute atomic E-state index is 12.9. The molecule has 0 aromatic rings. The fourth-order valence-corrected chi connectivity index (χ4v) is 11.6. The predicted octanol–water partition coefficient (Wildman–Crippen LogP) is 22.4. The molecule has 508 valence electrons. The molecule has 0 radical (unpaired) electrons. The zero-order chi connectivity index (χ0) is 62.6.